The van der Waals surface area contributed by atoms with Crippen LogP contribution in [0.3, 0.4) is 0 Å². The van der Waals surface area contributed by atoms with E-state index in [9.17, 15) is 23.1 Å². The first-order valence-electron chi connectivity index (χ1n) is 6.59. The molecule has 0 bridgehead atoms. The van der Waals surface area contributed by atoms with Crippen molar-refractivity contribution in [1.82, 2.24) is 9.88 Å². The van der Waals surface area contributed by atoms with Crippen molar-refractivity contribution in [2.24, 2.45) is 0 Å². The molecule has 2 rings (SSSR count). The number of amides is 1. The van der Waals surface area contributed by atoms with Crippen LogP contribution in [0.5, 0.6) is 0 Å². The SMILES string of the molecule is O=C(/C=C/c1ccc(Cl)nc1)N1CCC(O)(C(F)(F)F)CC1. The van der Waals surface area contributed by atoms with Crippen LogP contribution in [-0.2, 0) is 4.79 Å². The van der Waals surface area contributed by atoms with Gasteiger partial charge in [0.25, 0.3) is 0 Å². The zero-order valence-electron chi connectivity index (χ0n) is 11.5. The molecule has 1 aliphatic heterocycles. The number of piperidine rings is 1. The van der Waals surface area contributed by atoms with Crippen molar-refractivity contribution >= 4 is 23.6 Å². The Labute approximate surface area is 130 Å². The van der Waals surface area contributed by atoms with E-state index in [1.54, 1.807) is 12.1 Å². The molecule has 0 unspecified atom stereocenters. The highest BCUT2D eigenvalue weighted by Crippen LogP contribution is 2.38. The second kappa shape index (κ2) is 6.26. The Morgan fingerprint density at radius 2 is 2.00 bits per heavy atom. The van der Waals surface area contributed by atoms with Crippen molar-refractivity contribution < 1.29 is 23.1 Å². The lowest BCUT2D eigenvalue weighted by molar-refractivity contribution is -0.271. The van der Waals surface area contributed by atoms with Crippen LogP contribution in [0.15, 0.2) is 24.4 Å². The maximum Gasteiger partial charge on any atom is 0.417 e. The van der Waals surface area contributed by atoms with Crippen LogP contribution >= 0.6 is 11.6 Å². The van der Waals surface area contributed by atoms with Gasteiger partial charge < -0.3 is 10.0 Å². The third kappa shape index (κ3) is 3.78. The van der Waals surface area contributed by atoms with E-state index in [2.05, 4.69) is 4.98 Å². The molecule has 0 atom stereocenters. The summed E-state index contributed by atoms with van der Waals surface area (Å²) in [5.41, 5.74) is -2.05. The molecule has 22 heavy (non-hydrogen) atoms. The van der Waals surface area contributed by atoms with Gasteiger partial charge in [0.2, 0.25) is 5.91 Å². The van der Waals surface area contributed by atoms with Crippen LogP contribution < -0.4 is 0 Å². The van der Waals surface area contributed by atoms with E-state index >= 15 is 0 Å². The molecular formula is C14H14ClF3N2O2. The fourth-order valence-corrected chi connectivity index (χ4v) is 2.25. The first-order valence-corrected chi connectivity index (χ1v) is 6.97. The number of aliphatic hydroxyl groups is 1. The van der Waals surface area contributed by atoms with Gasteiger partial charge in [-0.15, -0.1) is 0 Å². The summed E-state index contributed by atoms with van der Waals surface area (Å²) in [7, 11) is 0. The molecule has 1 aliphatic rings. The fourth-order valence-electron chi connectivity index (χ4n) is 2.14. The summed E-state index contributed by atoms with van der Waals surface area (Å²) < 4.78 is 38.0. The monoisotopic (exact) mass is 334 g/mol. The van der Waals surface area contributed by atoms with Crippen molar-refractivity contribution in [3.05, 3.63) is 35.1 Å². The zero-order valence-corrected chi connectivity index (χ0v) is 12.2. The number of likely N-dealkylation sites (tertiary alicyclic amines) is 1. The summed E-state index contributed by atoms with van der Waals surface area (Å²) in [5, 5.41) is 9.86. The summed E-state index contributed by atoms with van der Waals surface area (Å²) in [5.74, 6) is -0.404. The lowest BCUT2D eigenvalue weighted by atomic mass is 9.91. The van der Waals surface area contributed by atoms with Crippen LogP contribution in [0.2, 0.25) is 5.15 Å². The molecule has 1 N–H and O–H groups in total. The largest absolute Gasteiger partial charge is 0.417 e. The Balaban J connectivity index is 1.94. The Hall–Kier alpha value is -1.60. The van der Waals surface area contributed by atoms with Gasteiger partial charge in [0.1, 0.15) is 5.15 Å². The number of carbonyl (C=O) groups is 1. The smallest absolute Gasteiger partial charge is 0.380 e. The minimum atomic E-state index is -4.67. The van der Waals surface area contributed by atoms with E-state index in [0.717, 1.165) is 0 Å². The molecule has 4 nitrogen and oxygen atoms in total. The highest BCUT2D eigenvalue weighted by molar-refractivity contribution is 6.29. The Morgan fingerprint density at radius 3 is 2.50 bits per heavy atom. The van der Waals surface area contributed by atoms with Crippen molar-refractivity contribution in [3.8, 4) is 0 Å². The van der Waals surface area contributed by atoms with E-state index < -0.39 is 30.5 Å². The first kappa shape index (κ1) is 16.8. The number of halogens is 4. The number of alkyl halides is 3. The second-order valence-corrected chi connectivity index (χ2v) is 5.49. The van der Waals surface area contributed by atoms with Gasteiger partial charge in [-0.05, 0) is 17.7 Å². The summed E-state index contributed by atoms with van der Waals surface area (Å²) >= 11 is 5.63. The average molecular weight is 335 g/mol. The molecule has 1 aromatic rings. The summed E-state index contributed by atoms with van der Waals surface area (Å²) in [6, 6.07) is 3.23. The lowest BCUT2D eigenvalue weighted by Gasteiger charge is -2.38. The molecule has 1 aromatic heterocycles. The van der Waals surface area contributed by atoms with E-state index in [0.29, 0.717) is 10.7 Å². The number of hydrogen-bond donors (Lipinski definition) is 1. The van der Waals surface area contributed by atoms with Crippen LogP contribution in [0.25, 0.3) is 6.08 Å². The van der Waals surface area contributed by atoms with E-state index in [1.165, 1.54) is 23.2 Å². The third-order valence-corrected chi connectivity index (χ3v) is 3.82. The first-order chi connectivity index (χ1) is 10.2. The van der Waals surface area contributed by atoms with E-state index in [1.807, 2.05) is 0 Å². The van der Waals surface area contributed by atoms with Crippen LogP contribution in [0.1, 0.15) is 18.4 Å². The maximum absolute atomic E-state index is 12.7. The molecule has 1 saturated heterocycles. The summed E-state index contributed by atoms with van der Waals surface area (Å²) in [4.78, 5) is 17.1. The summed E-state index contributed by atoms with van der Waals surface area (Å²) in [6.45, 7) is -0.282. The van der Waals surface area contributed by atoms with Crippen LogP contribution in [0.4, 0.5) is 13.2 Å². The molecule has 2 heterocycles. The van der Waals surface area contributed by atoms with Gasteiger partial charge in [0.15, 0.2) is 5.60 Å². The lowest BCUT2D eigenvalue weighted by Crippen LogP contribution is -2.54. The minimum Gasteiger partial charge on any atom is -0.380 e. The van der Waals surface area contributed by atoms with Gasteiger partial charge in [-0.2, -0.15) is 13.2 Å². The molecule has 0 radical (unpaired) electrons. The topological polar surface area (TPSA) is 53.4 Å². The number of carbonyl (C=O) groups excluding carboxylic acids is 1. The number of hydrogen-bond acceptors (Lipinski definition) is 3. The fraction of sp³-hybridized carbons (Fsp3) is 0.429. The maximum atomic E-state index is 12.7. The average Bonchev–Trinajstić information content (AvgIpc) is 2.46. The molecule has 1 fully saturated rings. The highest BCUT2D eigenvalue weighted by atomic mass is 35.5. The van der Waals surface area contributed by atoms with Crippen molar-refractivity contribution in [2.75, 3.05) is 13.1 Å². The van der Waals surface area contributed by atoms with Crippen molar-refractivity contribution in [1.29, 1.82) is 0 Å². The number of pyridine rings is 1. The van der Waals surface area contributed by atoms with Gasteiger partial charge in [-0.1, -0.05) is 17.7 Å². The highest BCUT2D eigenvalue weighted by Gasteiger charge is 2.54. The predicted octanol–water partition coefficient (Wildman–Crippen LogP) is 2.66. The normalized spacial score (nSPS) is 18.7. The predicted molar refractivity (Wildman–Crippen MR) is 75.1 cm³/mol. The Bertz CT molecular complexity index is 564. The number of aromatic nitrogens is 1. The minimum absolute atomic E-state index is 0.141. The number of nitrogens with zero attached hydrogens (tertiary/aromatic N) is 2. The van der Waals surface area contributed by atoms with Gasteiger partial charge in [-0.25, -0.2) is 4.98 Å². The molecule has 0 saturated carbocycles. The summed E-state index contributed by atoms with van der Waals surface area (Å²) in [6.07, 6.45) is -1.45. The van der Waals surface area contributed by atoms with Crippen molar-refractivity contribution in [3.63, 3.8) is 0 Å². The van der Waals surface area contributed by atoms with Gasteiger partial charge in [0, 0.05) is 38.2 Å². The molecule has 0 aliphatic carbocycles. The van der Waals surface area contributed by atoms with E-state index in [4.69, 9.17) is 11.6 Å². The standard InChI is InChI=1S/C14H14ClF3N2O2/c15-11-3-1-10(9-19-11)2-4-12(21)20-7-5-13(22,6-8-20)14(16,17)18/h1-4,9,22H,5-8H2/b4-2+. The van der Waals surface area contributed by atoms with Crippen LogP contribution in [-0.4, -0.2) is 45.8 Å². The zero-order chi connectivity index (χ0) is 16.4. The molecule has 0 aromatic carbocycles. The third-order valence-electron chi connectivity index (χ3n) is 3.60. The molecule has 0 spiro atoms. The quantitative estimate of drug-likeness (QED) is 0.668. The molecular weight excluding hydrogens is 321 g/mol. The van der Waals surface area contributed by atoms with Gasteiger partial charge >= 0.3 is 6.18 Å². The molecule has 1 amide bonds. The molecule has 8 heteroatoms. The molecule has 120 valence electrons. The second-order valence-electron chi connectivity index (χ2n) is 5.10. The Kier molecular flexibility index (Phi) is 4.77. The van der Waals surface area contributed by atoms with E-state index in [-0.39, 0.29) is 13.1 Å². The van der Waals surface area contributed by atoms with Gasteiger partial charge in [0.05, 0.1) is 0 Å². The number of rotatable bonds is 2. The van der Waals surface area contributed by atoms with Gasteiger partial charge in [-0.3, -0.25) is 4.79 Å². The Morgan fingerprint density at radius 1 is 1.36 bits per heavy atom. The van der Waals surface area contributed by atoms with Crippen LogP contribution in [0, 0.1) is 0 Å². The van der Waals surface area contributed by atoms with Crippen molar-refractivity contribution in [2.45, 2.75) is 24.6 Å².